The fraction of sp³-hybridized carbons (Fsp3) is 0.0714. The van der Waals surface area contributed by atoms with Crippen molar-refractivity contribution in [2.24, 2.45) is 0 Å². The maximum absolute atomic E-state index is 5.92. The first-order chi connectivity index (χ1) is 9.20. The summed E-state index contributed by atoms with van der Waals surface area (Å²) in [6.45, 7) is 0. The molecule has 3 aromatic rings. The van der Waals surface area contributed by atoms with Gasteiger partial charge in [0.2, 0.25) is 0 Å². The second-order valence-electron chi connectivity index (χ2n) is 4.01. The molecule has 0 N–H and O–H groups in total. The van der Waals surface area contributed by atoms with Gasteiger partial charge in [0.05, 0.1) is 0 Å². The van der Waals surface area contributed by atoms with Gasteiger partial charge in [0.25, 0.3) is 5.22 Å². The second kappa shape index (κ2) is 5.57. The number of aromatic nitrogens is 1. The molecule has 1 heterocycles. The molecule has 0 unspecified atom stereocenters. The summed E-state index contributed by atoms with van der Waals surface area (Å²) in [5, 5.41) is 1.33. The van der Waals surface area contributed by atoms with Gasteiger partial charge in [-0.3, -0.25) is 0 Å². The van der Waals surface area contributed by atoms with Crippen molar-refractivity contribution in [1.82, 2.24) is 4.98 Å². The highest BCUT2D eigenvalue weighted by Crippen LogP contribution is 2.28. The summed E-state index contributed by atoms with van der Waals surface area (Å²) in [4.78, 5) is 4.41. The molecule has 0 saturated carbocycles. The fourth-order valence-electron chi connectivity index (χ4n) is 1.66. The molecule has 0 amide bonds. The quantitative estimate of drug-likeness (QED) is 0.578. The molecule has 19 heavy (non-hydrogen) atoms. The summed E-state index contributed by atoms with van der Waals surface area (Å²) in [5.74, 6) is 0.827. The number of thioether (sulfide) groups is 1. The molecule has 2 aromatic carbocycles. The molecule has 3 rings (SSSR count). The van der Waals surface area contributed by atoms with E-state index < -0.39 is 0 Å². The summed E-state index contributed by atoms with van der Waals surface area (Å²) >= 11 is 10.9. The third kappa shape index (κ3) is 3.14. The van der Waals surface area contributed by atoms with Crippen LogP contribution in [-0.2, 0) is 5.75 Å². The van der Waals surface area contributed by atoms with Crippen LogP contribution in [0.5, 0.6) is 0 Å². The topological polar surface area (TPSA) is 26.0 Å². The molecule has 0 spiro atoms. The van der Waals surface area contributed by atoms with Crippen LogP contribution in [0.3, 0.4) is 0 Å². The Bertz CT molecular complexity index is 711. The van der Waals surface area contributed by atoms with Gasteiger partial charge in [0, 0.05) is 21.3 Å². The van der Waals surface area contributed by atoms with Gasteiger partial charge in [-0.25, -0.2) is 4.98 Å². The maximum Gasteiger partial charge on any atom is 0.257 e. The summed E-state index contributed by atoms with van der Waals surface area (Å²) in [5.41, 5.74) is 2.79. The number of hydrogen-bond donors (Lipinski definition) is 0. The molecular weight excluding hydrogens is 346 g/mol. The molecule has 0 bridgehead atoms. The molecule has 0 radical (unpaired) electrons. The molecule has 0 aliphatic carbocycles. The van der Waals surface area contributed by atoms with E-state index in [2.05, 4.69) is 33.0 Å². The van der Waals surface area contributed by atoms with E-state index in [1.165, 1.54) is 5.56 Å². The zero-order valence-corrected chi connectivity index (χ0v) is 12.9. The summed E-state index contributed by atoms with van der Waals surface area (Å²) in [6, 6.07) is 13.7. The van der Waals surface area contributed by atoms with Gasteiger partial charge in [0.15, 0.2) is 5.58 Å². The van der Waals surface area contributed by atoms with Crippen LogP contribution in [0.25, 0.3) is 11.1 Å². The molecule has 5 heteroatoms. The Balaban J connectivity index is 1.76. The van der Waals surface area contributed by atoms with Gasteiger partial charge in [-0.15, -0.1) is 0 Å². The van der Waals surface area contributed by atoms with Crippen molar-refractivity contribution in [2.75, 3.05) is 0 Å². The Morgan fingerprint density at radius 2 is 1.95 bits per heavy atom. The van der Waals surface area contributed by atoms with Crippen LogP contribution in [0.1, 0.15) is 5.56 Å². The van der Waals surface area contributed by atoms with Crippen molar-refractivity contribution >= 4 is 50.4 Å². The predicted molar refractivity (Wildman–Crippen MR) is 82.7 cm³/mol. The van der Waals surface area contributed by atoms with E-state index >= 15 is 0 Å². The van der Waals surface area contributed by atoms with E-state index in [0.717, 1.165) is 21.3 Å². The zero-order chi connectivity index (χ0) is 13.2. The number of benzene rings is 2. The van der Waals surface area contributed by atoms with E-state index in [4.69, 9.17) is 16.0 Å². The minimum Gasteiger partial charge on any atom is -0.431 e. The van der Waals surface area contributed by atoms with Crippen molar-refractivity contribution in [1.29, 1.82) is 0 Å². The Morgan fingerprint density at radius 3 is 2.74 bits per heavy atom. The standard InChI is InChI=1S/C14H9BrClNOS/c15-10-3-1-9(2-4-10)8-19-14-17-12-6-5-11(16)7-13(12)18-14/h1-7H,8H2. The number of nitrogens with zero attached hydrogens (tertiary/aromatic N) is 1. The average Bonchev–Trinajstić information content (AvgIpc) is 2.80. The first-order valence-electron chi connectivity index (χ1n) is 5.64. The zero-order valence-electron chi connectivity index (χ0n) is 9.77. The molecule has 2 nitrogen and oxygen atoms in total. The van der Waals surface area contributed by atoms with E-state index in [-0.39, 0.29) is 0 Å². The molecule has 96 valence electrons. The maximum atomic E-state index is 5.92. The Hall–Kier alpha value is -0.970. The first-order valence-corrected chi connectivity index (χ1v) is 7.80. The van der Waals surface area contributed by atoms with Crippen molar-refractivity contribution < 1.29 is 4.42 Å². The molecule has 0 saturated heterocycles. The van der Waals surface area contributed by atoms with Gasteiger partial charge in [-0.05, 0) is 29.8 Å². The van der Waals surface area contributed by atoms with Crippen LogP contribution in [0.4, 0.5) is 0 Å². The molecular formula is C14H9BrClNOS. The van der Waals surface area contributed by atoms with Crippen LogP contribution in [0.2, 0.25) is 5.02 Å². The predicted octanol–water partition coefficient (Wildman–Crippen LogP) is 5.54. The highest BCUT2D eigenvalue weighted by atomic mass is 79.9. The van der Waals surface area contributed by atoms with Crippen LogP contribution in [0, 0.1) is 0 Å². The number of fused-ring (bicyclic) bond motifs is 1. The van der Waals surface area contributed by atoms with Crippen LogP contribution in [-0.4, -0.2) is 4.98 Å². The highest BCUT2D eigenvalue weighted by Gasteiger charge is 2.07. The van der Waals surface area contributed by atoms with Crippen LogP contribution >= 0.6 is 39.3 Å². The van der Waals surface area contributed by atoms with E-state index in [1.807, 2.05) is 24.3 Å². The lowest BCUT2D eigenvalue weighted by molar-refractivity contribution is 0.489. The Morgan fingerprint density at radius 1 is 1.16 bits per heavy atom. The molecule has 0 atom stereocenters. The summed E-state index contributed by atoms with van der Waals surface area (Å²) < 4.78 is 6.73. The highest BCUT2D eigenvalue weighted by molar-refractivity contribution is 9.10. The second-order valence-corrected chi connectivity index (χ2v) is 6.29. The monoisotopic (exact) mass is 353 g/mol. The lowest BCUT2D eigenvalue weighted by Gasteiger charge is -1.98. The Labute approximate surface area is 128 Å². The van der Waals surface area contributed by atoms with Crippen LogP contribution < -0.4 is 0 Å². The number of oxazole rings is 1. The smallest absolute Gasteiger partial charge is 0.257 e. The number of halogens is 2. The Kier molecular flexibility index (Phi) is 3.82. The molecule has 0 fully saturated rings. The van der Waals surface area contributed by atoms with Gasteiger partial charge >= 0.3 is 0 Å². The van der Waals surface area contributed by atoms with Gasteiger partial charge < -0.3 is 4.42 Å². The van der Waals surface area contributed by atoms with Crippen molar-refractivity contribution in [3.63, 3.8) is 0 Å². The number of rotatable bonds is 3. The largest absolute Gasteiger partial charge is 0.431 e. The van der Waals surface area contributed by atoms with Crippen molar-refractivity contribution in [2.45, 2.75) is 11.0 Å². The van der Waals surface area contributed by atoms with Gasteiger partial charge in [-0.1, -0.05) is 51.4 Å². The average molecular weight is 355 g/mol. The van der Waals surface area contributed by atoms with Crippen molar-refractivity contribution in [3.8, 4) is 0 Å². The third-order valence-electron chi connectivity index (χ3n) is 2.61. The van der Waals surface area contributed by atoms with Crippen molar-refractivity contribution in [3.05, 3.63) is 57.5 Å². The molecule has 1 aromatic heterocycles. The van der Waals surface area contributed by atoms with E-state index in [0.29, 0.717) is 10.2 Å². The van der Waals surface area contributed by atoms with E-state index in [1.54, 1.807) is 17.8 Å². The lowest BCUT2D eigenvalue weighted by atomic mass is 10.2. The SMILES string of the molecule is Clc1ccc2nc(SCc3ccc(Br)cc3)oc2c1. The third-order valence-corrected chi connectivity index (χ3v) is 4.27. The summed E-state index contributed by atoms with van der Waals surface area (Å²) in [6.07, 6.45) is 0. The van der Waals surface area contributed by atoms with E-state index in [9.17, 15) is 0 Å². The minimum absolute atomic E-state index is 0.660. The normalized spacial score (nSPS) is 11.1. The number of hydrogen-bond acceptors (Lipinski definition) is 3. The van der Waals surface area contributed by atoms with Gasteiger partial charge in [-0.2, -0.15) is 0 Å². The van der Waals surface area contributed by atoms with Crippen LogP contribution in [0.15, 0.2) is 56.6 Å². The minimum atomic E-state index is 0.660. The lowest BCUT2D eigenvalue weighted by Crippen LogP contribution is -1.79. The fourth-order valence-corrected chi connectivity index (χ4v) is 2.89. The van der Waals surface area contributed by atoms with Gasteiger partial charge in [0.1, 0.15) is 5.52 Å². The molecule has 0 aliphatic rings. The summed E-state index contributed by atoms with van der Waals surface area (Å²) in [7, 11) is 0. The molecule has 0 aliphatic heterocycles. The first kappa shape index (κ1) is 13.0.